The summed E-state index contributed by atoms with van der Waals surface area (Å²) < 4.78 is 9.51. The molecule has 3 rings (SSSR count). The Morgan fingerprint density at radius 1 is 0.964 bits per heavy atom. The average molecular weight is 399 g/mol. The van der Waals surface area contributed by atoms with Crippen LogP contribution in [0, 0.1) is 6.92 Å². The number of anilines is 1. The van der Waals surface area contributed by atoms with Gasteiger partial charge < -0.3 is 19.9 Å². The third-order valence-corrected chi connectivity index (χ3v) is 5.46. The molecule has 2 N–H and O–H groups in total. The summed E-state index contributed by atoms with van der Waals surface area (Å²) in [6.45, 7) is 1.57. The molecule has 0 spiro atoms. The third-order valence-electron chi connectivity index (χ3n) is 4.27. The lowest BCUT2D eigenvalue weighted by Gasteiger charge is -2.10. The number of benzene rings is 2. The fourth-order valence-electron chi connectivity index (χ4n) is 2.90. The minimum Gasteiger partial charge on any atom is -0.507 e. The summed E-state index contributed by atoms with van der Waals surface area (Å²) in [5.41, 5.74) is 0.488. The van der Waals surface area contributed by atoms with E-state index in [2.05, 4.69) is 5.32 Å². The molecule has 0 saturated carbocycles. The minimum atomic E-state index is -0.693. The molecule has 0 saturated heterocycles. The number of thiophene rings is 1. The van der Waals surface area contributed by atoms with Crippen molar-refractivity contribution in [2.45, 2.75) is 6.92 Å². The molecule has 144 valence electrons. The molecule has 8 heteroatoms. The molecule has 0 aliphatic rings. The van der Waals surface area contributed by atoms with Crippen LogP contribution in [-0.2, 0) is 9.47 Å². The number of fused-ring (bicyclic) bond motifs is 1. The molecule has 1 amide bonds. The van der Waals surface area contributed by atoms with Gasteiger partial charge in [0.2, 0.25) is 0 Å². The second kappa shape index (κ2) is 7.69. The number of rotatable bonds is 4. The molecule has 1 aromatic heterocycles. The van der Waals surface area contributed by atoms with E-state index in [0.717, 1.165) is 16.7 Å². The number of ether oxygens (including phenoxy) is 2. The lowest BCUT2D eigenvalue weighted by Crippen LogP contribution is -2.15. The van der Waals surface area contributed by atoms with Crippen LogP contribution in [0.15, 0.2) is 36.4 Å². The zero-order valence-corrected chi connectivity index (χ0v) is 16.2. The molecule has 1 heterocycles. The molecular weight excluding hydrogens is 382 g/mol. The van der Waals surface area contributed by atoms with Gasteiger partial charge in [-0.2, -0.15) is 0 Å². The average Bonchev–Trinajstić information content (AvgIpc) is 3.02. The zero-order chi connectivity index (χ0) is 20.4. The van der Waals surface area contributed by atoms with Crippen molar-refractivity contribution in [3.05, 3.63) is 58.0 Å². The van der Waals surface area contributed by atoms with E-state index in [-0.39, 0.29) is 26.8 Å². The van der Waals surface area contributed by atoms with Crippen LogP contribution in [0.25, 0.3) is 10.8 Å². The Morgan fingerprint density at radius 3 is 2.32 bits per heavy atom. The predicted molar refractivity (Wildman–Crippen MR) is 105 cm³/mol. The molecule has 0 bridgehead atoms. The minimum absolute atomic E-state index is 0.0691. The normalized spacial score (nSPS) is 10.5. The molecule has 0 fully saturated rings. The van der Waals surface area contributed by atoms with E-state index in [1.807, 2.05) is 12.1 Å². The molecule has 28 heavy (non-hydrogen) atoms. The summed E-state index contributed by atoms with van der Waals surface area (Å²) >= 11 is 0.908. The molecule has 0 atom stereocenters. The van der Waals surface area contributed by atoms with Crippen molar-refractivity contribution >= 4 is 45.0 Å². The monoisotopic (exact) mass is 399 g/mol. The molecule has 0 aliphatic carbocycles. The topological polar surface area (TPSA) is 102 Å². The van der Waals surface area contributed by atoms with Gasteiger partial charge in [0.25, 0.3) is 5.91 Å². The van der Waals surface area contributed by atoms with Crippen LogP contribution in [0.4, 0.5) is 5.00 Å². The molecule has 0 radical (unpaired) electrons. The Morgan fingerprint density at radius 2 is 1.64 bits per heavy atom. The highest BCUT2D eigenvalue weighted by Gasteiger charge is 2.27. The van der Waals surface area contributed by atoms with Gasteiger partial charge in [0, 0.05) is 0 Å². The van der Waals surface area contributed by atoms with Crippen LogP contribution >= 0.6 is 11.3 Å². The fourth-order valence-corrected chi connectivity index (χ4v) is 4.01. The largest absolute Gasteiger partial charge is 0.507 e. The highest BCUT2D eigenvalue weighted by atomic mass is 32.1. The number of hydrogen-bond donors (Lipinski definition) is 2. The van der Waals surface area contributed by atoms with E-state index in [1.54, 1.807) is 25.1 Å². The lowest BCUT2D eigenvalue weighted by atomic mass is 10.0. The molecule has 0 unspecified atom stereocenters. The highest BCUT2D eigenvalue weighted by Crippen LogP contribution is 2.35. The molecule has 7 nitrogen and oxygen atoms in total. The van der Waals surface area contributed by atoms with Gasteiger partial charge in [-0.05, 0) is 29.3 Å². The third kappa shape index (κ3) is 3.29. The van der Waals surface area contributed by atoms with Gasteiger partial charge >= 0.3 is 11.9 Å². The summed E-state index contributed by atoms with van der Waals surface area (Å²) in [6, 6.07) is 10.2. The number of nitrogens with one attached hydrogen (secondary N) is 1. The Kier molecular flexibility index (Phi) is 5.32. The van der Waals surface area contributed by atoms with Crippen LogP contribution < -0.4 is 5.32 Å². The number of carbonyl (C=O) groups excluding carboxylic acids is 3. The Labute approximate surface area is 164 Å². The SMILES string of the molecule is COC(=O)c1sc(NC(=O)c2c(O)ccc3ccccc23)c(C(=O)OC)c1C. The van der Waals surface area contributed by atoms with Crippen molar-refractivity contribution in [3.63, 3.8) is 0 Å². The second-order valence-electron chi connectivity index (χ2n) is 5.88. The molecule has 3 aromatic rings. The molecule has 0 aliphatic heterocycles. The van der Waals surface area contributed by atoms with Gasteiger partial charge in [0.05, 0.1) is 25.3 Å². The fraction of sp³-hybridized carbons (Fsp3) is 0.150. The number of hydrogen-bond acceptors (Lipinski definition) is 7. The van der Waals surface area contributed by atoms with E-state index in [1.165, 1.54) is 20.3 Å². The first-order chi connectivity index (χ1) is 13.4. The first-order valence-corrected chi connectivity index (χ1v) is 9.02. The van der Waals surface area contributed by atoms with E-state index in [4.69, 9.17) is 9.47 Å². The van der Waals surface area contributed by atoms with Gasteiger partial charge in [0.1, 0.15) is 15.6 Å². The van der Waals surface area contributed by atoms with Crippen molar-refractivity contribution < 1.29 is 29.0 Å². The van der Waals surface area contributed by atoms with Gasteiger partial charge in [-0.3, -0.25) is 4.79 Å². The van der Waals surface area contributed by atoms with Crippen molar-refractivity contribution in [1.82, 2.24) is 0 Å². The quantitative estimate of drug-likeness (QED) is 0.648. The predicted octanol–water partition coefficient (Wildman–Crippen LogP) is 3.74. The lowest BCUT2D eigenvalue weighted by molar-refractivity contribution is 0.0601. The Bertz CT molecular complexity index is 1100. The van der Waals surface area contributed by atoms with Crippen molar-refractivity contribution in [2.75, 3.05) is 19.5 Å². The number of amides is 1. The standard InChI is InChI=1S/C20H17NO6S/c1-10-14(19(24)26-2)18(28-16(10)20(25)27-3)21-17(23)15-12-7-5-4-6-11(12)8-9-13(15)22/h4-9,22H,1-3H3,(H,21,23). The Balaban J connectivity index is 2.09. The van der Waals surface area contributed by atoms with Gasteiger partial charge in [-0.1, -0.05) is 30.3 Å². The maximum atomic E-state index is 12.9. The summed E-state index contributed by atoms with van der Waals surface area (Å²) in [6.07, 6.45) is 0. The number of esters is 2. The number of phenols is 1. The summed E-state index contributed by atoms with van der Waals surface area (Å²) in [7, 11) is 2.44. The van der Waals surface area contributed by atoms with Gasteiger partial charge in [0.15, 0.2) is 0 Å². The van der Waals surface area contributed by atoms with Crippen molar-refractivity contribution in [2.24, 2.45) is 0 Å². The number of carbonyl (C=O) groups is 3. The van der Waals surface area contributed by atoms with Gasteiger partial charge in [-0.15, -0.1) is 11.3 Å². The van der Waals surface area contributed by atoms with Crippen LogP contribution in [0.3, 0.4) is 0 Å². The second-order valence-corrected chi connectivity index (χ2v) is 6.90. The molecule has 2 aromatic carbocycles. The smallest absolute Gasteiger partial charge is 0.348 e. The number of methoxy groups -OCH3 is 2. The van der Waals surface area contributed by atoms with Gasteiger partial charge in [-0.25, -0.2) is 9.59 Å². The van der Waals surface area contributed by atoms with Crippen LogP contribution in [0.5, 0.6) is 5.75 Å². The maximum Gasteiger partial charge on any atom is 0.348 e. The van der Waals surface area contributed by atoms with E-state index in [9.17, 15) is 19.5 Å². The molecular formula is C20H17NO6S. The first-order valence-electron chi connectivity index (χ1n) is 8.21. The number of phenolic OH excluding ortho intramolecular Hbond substituents is 1. The highest BCUT2D eigenvalue weighted by molar-refractivity contribution is 7.18. The first kappa shape index (κ1) is 19.4. The Hall–Kier alpha value is -3.39. The summed E-state index contributed by atoms with van der Waals surface area (Å²) in [5.74, 6) is -2.13. The van der Waals surface area contributed by atoms with Crippen molar-refractivity contribution in [3.8, 4) is 5.75 Å². The van der Waals surface area contributed by atoms with Crippen molar-refractivity contribution in [1.29, 1.82) is 0 Å². The number of aromatic hydroxyl groups is 1. The summed E-state index contributed by atoms with van der Waals surface area (Å²) in [5, 5.41) is 14.3. The van der Waals surface area contributed by atoms with E-state index in [0.29, 0.717) is 10.9 Å². The zero-order valence-electron chi connectivity index (χ0n) is 15.4. The van der Waals surface area contributed by atoms with E-state index < -0.39 is 17.8 Å². The summed E-state index contributed by atoms with van der Waals surface area (Å²) in [4.78, 5) is 37.3. The maximum absolute atomic E-state index is 12.9. The van der Waals surface area contributed by atoms with Crippen LogP contribution in [0.2, 0.25) is 0 Å². The van der Waals surface area contributed by atoms with E-state index >= 15 is 0 Å². The van der Waals surface area contributed by atoms with Crippen LogP contribution in [0.1, 0.15) is 36.0 Å². The van der Waals surface area contributed by atoms with Crippen LogP contribution in [-0.4, -0.2) is 37.2 Å².